The maximum atomic E-state index is 13.6. The summed E-state index contributed by atoms with van der Waals surface area (Å²) in [5, 5.41) is 4.32. The van der Waals surface area contributed by atoms with Crippen LogP contribution in [0.3, 0.4) is 0 Å². The van der Waals surface area contributed by atoms with E-state index in [-0.39, 0.29) is 23.6 Å². The van der Waals surface area contributed by atoms with Gasteiger partial charge < -0.3 is 10.2 Å². The van der Waals surface area contributed by atoms with Crippen LogP contribution in [0.15, 0.2) is 78.9 Å². The number of thioether (sulfide) groups is 1. The van der Waals surface area contributed by atoms with Gasteiger partial charge in [0.25, 0.3) is 0 Å². The zero-order valence-corrected chi connectivity index (χ0v) is 22.2. The molecule has 2 amide bonds. The predicted octanol–water partition coefficient (Wildman–Crippen LogP) is 6.39. The van der Waals surface area contributed by atoms with Crippen LogP contribution in [-0.2, 0) is 28.3 Å². The highest BCUT2D eigenvalue weighted by Crippen LogP contribution is 2.20. The Morgan fingerprint density at radius 2 is 1.40 bits per heavy atom. The van der Waals surface area contributed by atoms with Crippen molar-refractivity contribution in [2.45, 2.75) is 44.6 Å². The summed E-state index contributed by atoms with van der Waals surface area (Å²) in [5.74, 6) is 0.697. The van der Waals surface area contributed by atoms with Gasteiger partial charge in [-0.05, 0) is 54.8 Å². The molecule has 4 nitrogen and oxygen atoms in total. The second-order valence-electron chi connectivity index (χ2n) is 8.64. The van der Waals surface area contributed by atoms with E-state index in [0.29, 0.717) is 28.8 Å². The molecule has 0 bridgehead atoms. The first-order valence-electron chi connectivity index (χ1n) is 11.5. The number of carbonyl (C=O) groups is 2. The minimum Gasteiger partial charge on any atom is -0.352 e. The molecule has 35 heavy (non-hydrogen) atoms. The maximum absolute atomic E-state index is 13.6. The van der Waals surface area contributed by atoms with Crippen LogP contribution in [0, 0.1) is 0 Å². The molecular weight excluding hydrogens is 499 g/mol. The Bertz CT molecular complexity index is 1090. The quantitative estimate of drug-likeness (QED) is 0.313. The van der Waals surface area contributed by atoms with Gasteiger partial charge >= 0.3 is 0 Å². The second kappa shape index (κ2) is 13.6. The highest BCUT2D eigenvalue weighted by molar-refractivity contribution is 7.99. The van der Waals surface area contributed by atoms with Crippen molar-refractivity contribution in [1.29, 1.82) is 0 Å². The number of benzene rings is 3. The molecular formula is C28H30Cl2N2O2S. The van der Waals surface area contributed by atoms with E-state index in [1.54, 1.807) is 17.0 Å². The molecule has 0 spiro atoms. The molecule has 184 valence electrons. The van der Waals surface area contributed by atoms with E-state index in [9.17, 15) is 9.59 Å². The summed E-state index contributed by atoms with van der Waals surface area (Å²) < 4.78 is 0. The molecule has 3 aromatic carbocycles. The minimum atomic E-state index is -0.640. The normalized spacial score (nSPS) is 11.8. The van der Waals surface area contributed by atoms with Crippen LogP contribution in [0.1, 0.15) is 30.5 Å². The van der Waals surface area contributed by atoms with Crippen LogP contribution in [0.2, 0.25) is 10.0 Å². The molecule has 0 aromatic heterocycles. The monoisotopic (exact) mass is 528 g/mol. The summed E-state index contributed by atoms with van der Waals surface area (Å²) in [6.07, 6.45) is 0.431. The van der Waals surface area contributed by atoms with Gasteiger partial charge in [0.05, 0.1) is 5.75 Å². The van der Waals surface area contributed by atoms with Crippen molar-refractivity contribution < 1.29 is 9.59 Å². The first-order chi connectivity index (χ1) is 16.8. The molecule has 0 aliphatic carbocycles. The van der Waals surface area contributed by atoms with Crippen molar-refractivity contribution in [2.75, 3.05) is 5.75 Å². The number of nitrogens with zero attached hydrogens (tertiary/aromatic N) is 1. The van der Waals surface area contributed by atoms with E-state index >= 15 is 0 Å². The molecule has 0 aliphatic rings. The Morgan fingerprint density at radius 1 is 0.829 bits per heavy atom. The Morgan fingerprint density at radius 3 is 1.97 bits per heavy atom. The topological polar surface area (TPSA) is 49.4 Å². The van der Waals surface area contributed by atoms with Crippen molar-refractivity contribution >= 4 is 46.8 Å². The Hall–Kier alpha value is -2.47. The van der Waals surface area contributed by atoms with Crippen LogP contribution in [0.5, 0.6) is 0 Å². The van der Waals surface area contributed by atoms with Crippen LogP contribution in [0.25, 0.3) is 0 Å². The number of amides is 2. The van der Waals surface area contributed by atoms with Gasteiger partial charge in [-0.3, -0.25) is 9.59 Å². The van der Waals surface area contributed by atoms with E-state index in [2.05, 4.69) is 5.32 Å². The number of halogens is 2. The van der Waals surface area contributed by atoms with Crippen LogP contribution in [-0.4, -0.2) is 34.6 Å². The fourth-order valence-corrected chi connectivity index (χ4v) is 4.76. The van der Waals surface area contributed by atoms with E-state index in [0.717, 1.165) is 16.7 Å². The second-order valence-corrected chi connectivity index (χ2v) is 10.5. The summed E-state index contributed by atoms with van der Waals surface area (Å²) in [6.45, 7) is 4.16. The van der Waals surface area contributed by atoms with Crippen molar-refractivity contribution in [2.24, 2.45) is 0 Å². The lowest BCUT2D eigenvalue weighted by Crippen LogP contribution is -2.52. The van der Waals surface area contributed by atoms with Crippen molar-refractivity contribution in [3.8, 4) is 0 Å². The van der Waals surface area contributed by atoms with Gasteiger partial charge in [-0.25, -0.2) is 0 Å². The summed E-state index contributed by atoms with van der Waals surface area (Å²) in [7, 11) is 0. The Labute approximate surface area is 222 Å². The number of nitrogens with one attached hydrogen (secondary N) is 1. The molecule has 0 aliphatic heterocycles. The minimum absolute atomic E-state index is 0.0347. The summed E-state index contributed by atoms with van der Waals surface area (Å²) in [4.78, 5) is 28.6. The third-order valence-electron chi connectivity index (χ3n) is 5.38. The van der Waals surface area contributed by atoms with Crippen molar-refractivity contribution in [3.05, 3.63) is 106 Å². The van der Waals surface area contributed by atoms with Gasteiger partial charge in [0.15, 0.2) is 0 Å². The Kier molecular flexibility index (Phi) is 10.5. The summed E-state index contributed by atoms with van der Waals surface area (Å²) >= 11 is 13.6. The van der Waals surface area contributed by atoms with E-state index in [1.165, 1.54) is 11.8 Å². The molecule has 0 radical (unpaired) electrons. The average molecular weight is 530 g/mol. The van der Waals surface area contributed by atoms with Crippen LogP contribution in [0.4, 0.5) is 0 Å². The van der Waals surface area contributed by atoms with E-state index < -0.39 is 6.04 Å². The molecule has 0 fully saturated rings. The van der Waals surface area contributed by atoms with Gasteiger partial charge in [0, 0.05) is 34.8 Å². The first kappa shape index (κ1) is 27.1. The van der Waals surface area contributed by atoms with E-state index in [4.69, 9.17) is 23.2 Å². The van der Waals surface area contributed by atoms with Gasteiger partial charge in [-0.2, -0.15) is 0 Å². The highest BCUT2D eigenvalue weighted by atomic mass is 35.5. The van der Waals surface area contributed by atoms with Gasteiger partial charge in [-0.1, -0.05) is 77.8 Å². The van der Waals surface area contributed by atoms with Crippen LogP contribution < -0.4 is 5.32 Å². The molecule has 3 aromatic rings. The predicted molar refractivity (Wildman–Crippen MR) is 147 cm³/mol. The third-order valence-corrected chi connectivity index (χ3v) is 6.87. The smallest absolute Gasteiger partial charge is 0.243 e. The van der Waals surface area contributed by atoms with E-state index in [1.807, 2.05) is 80.6 Å². The number of hydrogen-bond acceptors (Lipinski definition) is 3. The zero-order valence-electron chi connectivity index (χ0n) is 19.9. The SMILES string of the molecule is CC(C)NC(=O)[C@@H](Cc1ccccc1)N(Cc1ccc(Cl)cc1)C(=O)CSCc1ccc(Cl)cc1. The fourth-order valence-electron chi connectivity index (χ4n) is 3.64. The average Bonchev–Trinajstić information content (AvgIpc) is 2.84. The molecule has 0 saturated heterocycles. The highest BCUT2D eigenvalue weighted by Gasteiger charge is 2.30. The third kappa shape index (κ3) is 8.92. The maximum Gasteiger partial charge on any atom is 0.243 e. The molecule has 1 N–H and O–H groups in total. The lowest BCUT2D eigenvalue weighted by atomic mass is 10.0. The molecule has 0 unspecified atom stereocenters. The number of rotatable bonds is 11. The van der Waals surface area contributed by atoms with Gasteiger partial charge in [0.1, 0.15) is 6.04 Å². The lowest BCUT2D eigenvalue weighted by Gasteiger charge is -2.32. The summed E-state index contributed by atoms with van der Waals surface area (Å²) in [5.41, 5.74) is 3.01. The standard InChI is InChI=1S/C28H30Cl2N2O2S/c1-20(2)31-28(34)26(16-21-6-4-3-5-7-21)32(17-22-8-12-24(29)13-9-22)27(33)19-35-18-23-10-14-25(30)15-11-23/h3-15,20,26H,16-19H2,1-2H3,(H,31,34)/t26-/m1/s1. The van der Waals surface area contributed by atoms with Crippen molar-refractivity contribution in [1.82, 2.24) is 10.2 Å². The number of hydrogen-bond donors (Lipinski definition) is 1. The summed E-state index contributed by atoms with van der Waals surface area (Å²) in [6, 6.07) is 24.1. The molecule has 3 rings (SSSR count). The van der Waals surface area contributed by atoms with Gasteiger partial charge in [0.2, 0.25) is 11.8 Å². The van der Waals surface area contributed by atoms with Crippen molar-refractivity contribution in [3.63, 3.8) is 0 Å². The molecule has 0 saturated carbocycles. The zero-order chi connectivity index (χ0) is 25.2. The lowest BCUT2D eigenvalue weighted by molar-refractivity contribution is -0.139. The van der Waals surface area contributed by atoms with Crippen LogP contribution >= 0.6 is 35.0 Å². The largest absolute Gasteiger partial charge is 0.352 e. The Balaban J connectivity index is 1.83. The number of carbonyl (C=O) groups excluding carboxylic acids is 2. The molecule has 7 heteroatoms. The van der Waals surface area contributed by atoms with Gasteiger partial charge in [-0.15, -0.1) is 11.8 Å². The molecule has 0 heterocycles. The first-order valence-corrected chi connectivity index (χ1v) is 13.4. The fraction of sp³-hybridized carbons (Fsp3) is 0.286. The molecule has 1 atom stereocenters.